The molecule has 1 aliphatic carbocycles. The molecule has 1 aliphatic heterocycles. The van der Waals surface area contributed by atoms with Gasteiger partial charge in [-0.25, -0.2) is 8.42 Å². The maximum Gasteiger partial charge on any atom is 0.238 e. The molecule has 2 aliphatic rings. The fourth-order valence-corrected chi connectivity index (χ4v) is 6.44. The third-order valence-electron chi connectivity index (χ3n) is 5.25. The molecule has 24 heavy (non-hydrogen) atoms. The molecule has 2 fully saturated rings. The molecular formula is C17H33ClN2O3S. The third-order valence-corrected chi connectivity index (χ3v) is 8.12. The van der Waals surface area contributed by atoms with E-state index in [1.54, 1.807) is 0 Å². The standard InChI is InChI=1S/C17H32N2O3S.ClH/c1-13(2)16(23(21,22)15-6-4-3-5-7-15)17(20)19-11-9-14-8-10-18-12-14;/h13-16,18H,3-12H2,1-2H3,(H,19,20);1H. The molecule has 2 rings (SSSR count). The van der Waals surface area contributed by atoms with E-state index >= 15 is 0 Å². The molecule has 2 N–H and O–H groups in total. The minimum absolute atomic E-state index is 0. The van der Waals surface area contributed by atoms with Crippen LogP contribution in [0.4, 0.5) is 0 Å². The molecule has 0 aromatic heterocycles. The second-order valence-electron chi connectivity index (χ2n) is 7.45. The maximum atomic E-state index is 12.9. The normalized spacial score (nSPS) is 23.7. The number of nitrogens with one attached hydrogen (secondary N) is 2. The minimum Gasteiger partial charge on any atom is -0.355 e. The van der Waals surface area contributed by atoms with Crippen molar-refractivity contribution in [2.75, 3.05) is 19.6 Å². The Kier molecular flexibility index (Phi) is 9.02. The number of hydrogen-bond donors (Lipinski definition) is 2. The maximum absolute atomic E-state index is 12.9. The average Bonchev–Trinajstić information content (AvgIpc) is 3.01. The molecule has 1 saturated heterocycles. The van der Waals surface area contributed by atoms with Crippen molar-refractivity contribution in [1.82, 2.24) is 10.6 Å². The van der Waals surface area contributed by atoms with Crippen molar-refractivity contribution in [3.63, 3.8) is 0 Å². The van der Waals surface area contributed by atoms with Crippen molar-refractivity contribution >= 4 is 28.2 Å². The number of amides is 1. The highest BCUT2D eigenvalue weighted by atomic mass is 35.5. The van der Waals surface area contributed by atoms with E-state index in [9.17, 15) is 13.2 Å². The fraction of sp³-hybridized carbons (Fsp3) is 0.941. The van der Waals surface area contributed by atoms with Crippen LogP contribution in [0.15, 0.2) is 0 Å². The first kappa shape index (κ1) is 21.7. The third kappa shape index (κ3) is 5.60. The summed E-state index contributed by atoms with van der Waals surface area (Å²) in [4.78, 5) is 12.5. The van der Waals surface area contributed by atoms with Crippen LogP contribution in [0.1, 0.15) is 58.8 Å². The summed E-state index contributed by atoms with van der Waals surface area (Å²) in [7, 11) is -3.40. The van der Waals surface area contributed by atoms with E-state index in [-0.39, 0.29) is 29.5 Å². The number of rotatable bonds is 7. The van der Waals surface area contributed by atoms with Gasteiger partial charge in [0.2, 0.25) is 5.91 Å². The van der Waals surface area contributed by atoms with Gasteiger partial charge >= 0.3 is 0 Å². The number of carbonyl (C=O) groups is 1. The Bertz CT molecular complexity index is 484. The molecule has 1 heterocycles. The van der Waals surface area contributed by atoms with Crippen LogP contribution in [-0.2, 0) is 14.6 Å². The van der Waals surface area contributed by atoms with Crippen LogP contribution < -0.4 is 10.6 Å². The topological polar surface area (TPSA) is 75.3 Å². The number of carbonyl (C=O) groups excluding carboxylic acids is 1. The summed E-state index contributed by atoms with van der Waals surface area (Å²) < 4.78 is 25.8. The van der Waals surface area contributed by atoms with Gasteiger partial charge in [-0.05, 0) is 50.6 Å². The molecule has 0 aromatic carbocycles. The van der Waals surface area contributed by atoms with E-state index in [2.05, 4.69) is 10.6 Å². The number of halogens is 1. The van der Waals surface area contributed by atoms with Gasteiger partial charge in [-0.2, -0.15) is 0 Å². The van der Waals surface area contributed by atoms with Crippen LogP contribution in [-0.4, -0.2) is 44.5 Å². The molecule has 1 saturated carbocycles. The van der Waals surface area contributed by atoms with E-state index in [0.717, 1.165) is 45.2 Å². The van der Waals surface area contributed by atoms with Crippen molar-refractivity contribution in [2.24, 2.45) is 11.8 Å². The predicted molar refractivity (Wildman–Crippen MR) is 100 cm³/mol. The van der Waals surface area contributed by atoms with Gasteiger partial charge in [0.15, 0.2) is 9.84 Å². The number of hydrogen-bond acceptors (Lipinski definition) is 4. The van der Waals surface area contributed by atoms with Crippen molar-refractivity contribution < 1.29 is 13.2 Å². The fourth-order valence-electron chi connectivity index (χ4n) is 3.89. The zero-order valence-electron chi connectivity index (χ0n) is 14.9. The van der Waals surface area contributed by atoms with Gasteiger partial charge < -0.3 is 10.6 Å². The molecule has 0 bridgehead atoms. The Hall–Kier alpha value is -0.330. The van der Waals surface area contributed by atoms with E-state index in [0.29, 0.717) is 25.3 Å². The number of sulfone groups is 1. The molecule has 142 valence electrons. The smallest absolute Gasteiger partial charge is 0.238 e. The Morgan fingerprint density at radius 2 is 1.83 bits per heavy atom. The minimum atomic E-state index is -3.40. The first-order valence-electron chi connectivity index (χ1n) is 9.14. The van der Waals surface area contributed by atoms with E-state index in [1.807, 2.05) is 13.8 Å². The lowest BCUT2D eigenvalue weighted by Gasteiger charge is -2.28. The lowest BCUT2D eigenvalue weighted by atomic mass is 10.0. The first-order chi connectivity index (χ1) is 10.9. The second kappa shape index (κ2) is 9.97. The summed E-state index contributed by atoms with van der Waals surface area (Å²) in [6.07, 6.45) is 6.53. The molecule has 7 heteroatoms. The predicted octanol–water partition coefficient (Wildman–Crippen LogP) is 2.30. The first-order valence-corrected chi connectivity index (χ1v) is 10.7. The van der Waals surface area contributed by atoms with Gasteiger partial charge in [0.05, 0.1) is 5.25 Å². The van der Waals surface area contributed by atoms with E-state index in [1.165, 1.54) is 0 Å². The summed E-state index contributed by atoms with van der Waals surface area (Å²) in [6.45, 7) is 6.30. The Morgan fingerprint density at radius 1 is 1.17 bits per heavy atom. The Labute approximate surface area is 153 Å². The highest BCUT2D eigenvalue weighted by Crippen LogP contribution is 2.29. The molecule has 5 nitrogen and oxygen atoms in total. The lowest BCUT2D eigenvalue weighted by Crippen LogP contribution is -2.47. The monoisotopic (exact) mass is 380 g/mol. The summed E-state index contributed by atoms with van der Waals surface area (Å²) in [6, 6.07) is 0. The SMILES string of the molecule is CC(C)C(C(=O)NCCC1CCNC1)S(=O)(=O)C1CCCCC1.Cl. The van der Waals surface area contributed by atoms with Gasteiger partial charge in [-0.1, -0.05) is 33.1 Å². The largest absolute Gasteiger partial charge is 0.355 e. The van der Waals surface area contributed by atoms with Crippen LogP contribution in [0.25, 0.3) is 0 Å². The van der Waals surface area contributed by atoms with Gasteiger partial charge in [0, 0.05) is 6.54 Å². The molecular weight excluding hydrogens is 348 g/mol. The highest BCUT2D eigenvalue weighted by Gasteiger charge is 2.40. The molecule has 1 amide bonds. The molecule has 2 atom stereocenters. The van der Waals surface area contributed by atoms with Crippen LogP contribution in [0, 0.1) is 11.8 Å². The van der Waals surface area contributed by atoms with Crippen LogP contribution >= 0.6 is 12.4 Å². The van der Waals surface area contributed by atoms with Crippen molar-refractivity contribution in [1.29, 1.82) is 0 Å². The Balaban J connectivity index is 0.00000288. The van der Waals surface area contributed by atoms with Crippen molar-refractivity contribution in [3.05, 3.63) is 0 Å². The molecule has 2 unspecified atom stereocenters. The zero-order chi connectivity index (χ0) is 16.9. The van der Waals surface area contributed by atoms with Crippen molar-refractivity contribution in [2.45, 2.75) is 69.3 Å². The summed E-state index contributed by atoms with van der Waals surface area (Å²) in [5.74, 6) is 0.120. The molecule has 0 radical (unpaired) electrons. The summed E-state index contributed by atoms with van der Waals surface area (Å²) >= 11 is 0. The quantitative estimate of drug-likeness (QED) is 0.710. The van der Waals surface area contributed by atoms with E-state index in [4.69, 9.17) is 0 Å². The van der Waals surface area contributed by atoms with Gasteiger partial charge in [0.25, 0.3) is 0 Å². The van der Waals surface area contributed by atoms with Crippen LogP contribution in [0.2, 0.25) is 0 Å². The second-order valence-corrected chi connectivity index (χ2v) is 9.80. The van der Waals surface area contributed by atoms with Crippen molar-refractivity contribution in [3.8, 4) is 0 Å². The highest BCUT2D eigenvalue weighted by molar-refractivity contribution is 7.93. The summed E-state index contributed by atoms with van der Waals surface area (Å²) in [5.41, 5.74) is 0. The van der Waals surface area contributed by atoms with Crippen LogP contribution in [0.5, 0.6) is 0 Å². The van der Waals surface area contributed by atoms with Gasteiger partial charge in [-0.3, -0.25) is 4.79 Å². The van der Waals surface area contributed by atoms with Gasteiger partial charge in [0.1, 0.15) is 5.25 Å². The van der Waals surface area contributed by atoms with Gasteiger partial charge in [-0.15, -0.1) is 12.4 Å². The Morgan fingerprint density at radius 3 is 2.38 bits per heavy atom. The van der Waals surface area contributed by atoms with Crippen LogP contribution in [0.3, 0.4) is 0 Å². The zero-order valence-corrected chi connectivity index (χ0v) is 16.6. The van der Waals surface area contributed by atoms with E-state index < -0.39 is 15.1 Å². The molecule has 0 aromatic rings. The molecule has 0 spiro atoms. The average molecular weight is 381 g/mol. The summed E-state index contributed by atoms with van der Waals surface area (Å²) in [5, 5.41) is 4.98. The lowest BCUT2D eigenvalue weighted by molar-refractivity contribution is -0.121.